The van der Waals surface area contributed by atoms with Crippen molar-refractivity contribution >= 4 is 0 Å². The highest BCUT2D eigenvalue weighted by Crippen LogP contribution is 2.45. The summed E-state index contributed by atoms with van der Waals surface area (Å²) in [5, 5.41) is 0. The summed E-state index contributed by atoms with van der Waals surface area (Å²) in [6.45, 7) is 4.66. The van der Waals surface area contributed by atoms with Crippen molar-refractivity contribution in [3.8, 4) is 0 Å². The molecule has 1 heterocycles. The Bertz CT molecular complexity index is 190. The van der Waals surface area contributed by atoms with Gasteiger partial charge in [0.2, 0.25) is 0 Å². The molecule has 0 aromatic carbocycles. The largest absolute Gasteiger partial charge is 0.369 e. The van der Waals surface area contributed by atoms with E-state index < -0.39 is 0 Å². The van der Waals surface area contributed by atoms with Crippen LogP contribution in [0.5, 0.6) is 0 Å². The monoisotopic (exact) mass is 210 g/mol. The lowest BCUT2D eigenvalue weighted by Gasteiger charge is -2.27. The molecule has 1 saturated heterocycles. The Labute approximate surface area is 94.6 Å². The third-order valence-corrected chi connectivity index (χ3v) is 4.38. The fourth-order valence-corrected chi connectivity index (χ4v) is 3.37. The average molecular weight is 210 g/mol. The van der Waals surface area contributed by atoms with Crippen molar-refractivity contribution in [3.05, 3.63) is 0 Å². The van der Waals surface area contributed by atoms with Gasteiger partial charge in [0.05, 0.1) is 12.2 Å². The summed E-state index contributed by atoms with van der Waals surface area (Å²) in [4.78, 5) is 0. The number of epoxide rings is 1. The fraction of sp³-hybridized carbons (Fsp3) is 1.00. The Kier molecular flexibility index (Phi) is 4.07. The van der Waals surface area contributed by atoms with Crippen LogP contribution in [0.4, 0.5) is 0 Å². The number of hydrogen-bond donors (Lipinski definition) is 0. The molecule has 2 fully saturated rings. The second kappa shape index (κ2) is 5.34. The van der Waals surface area contributed by atoms with Crippen molar-refractivity contribution in [3.63, 3.8) is 0 Å². The Morgan fingerprint density at radius 2 is 2.07 bits per heavy atom. The second-order valence-electron chi connectivity index (χ2n) is 5.40. The molecule has 4 unspecified atom stereocenters. The van der Waals surface area contributed by atoms with Crippen LogP contribution < -0.4 is 0 Å². The van der Waals surface area contributed by atoms with Crippen LogP contribution >= 0.6 is 0 Å². The van der Waals surface area contributed by atoms with Gasteiger partial charge in [-0.2, -0.15) is 0 Å². The first kappa shape index (κ1) is 11.4. The highest BCUT2D eigenvalue weighted by Gasteiger charge is 2.48. The zero-order valence-corrected chi connectivity index (χ0v) is 10.4. The SMILES string of the molecule is CCCCCC(CC)C1CCCC2OC21. The lowest BCUT2D eigenvalue weighted by Crippen LogP contribution is -2.24. The van der Waals surface area contributed by atoms with Gasteiger partial charge in [0.1, 0.15) is 0 Å². The number of ether oxygens (including phenoxy) is 1. The molecule has 0 aromatic heterocycles. The van der Waals surface area contributed by atoms with Gasteiger partial charge >= 0.3 is 0 Å². The molecule has 0 amide bonds. The van der Waals surface area contributed by atoms with E-state index in [1.807, 2.05) is 0 Å². The molecule has 0 aromatic rings. The van der Waals surface area contributed by atoms with E-state index in [4.69, 9.17) is 4.74 Å². The van der Waals surface area contributed by atoms with Crippen LogP contribution in [0.1, 0.15) is 65.2 Å². The van der Waals surface area contributed by atoms with Crippen molar-refractivity contribution in [2.75, 3.05) is 0 Å². The molecule has 1 saturated carbocycles. The van der Waals surface area contributed by atoms with E-state index in [1.165, 1.54) is 51.4 Å². The number of rotatable bonds is 6. The molecule has 0 spiro atoms. The van der Waals surface area contributed by atoms with Crippen molar-refractivity contribution in [1.29, 1.82) is 0 Å². The van der Waals surface area contributed by atoms with Crippen LogP contribution in [0, 0.1) is 11.8 Å². The lowest BCUT2D eigenvalue weighted by molar-refractivity contribution is 0.215. The normalized spacial score (nSPS) is 36.0. The molecule has 0 N–H and O–H groups in total. The van der Waals surface area contributed by atoms with Gasteiger partial charge in [-0.05, 0) is 24.7 Å². The van der Waals surface area contributed by atoms with Crippen molar-refractivity contribution in [2.24, 2.45) is 11.8 Å². The van der Waals surface area contributed by atoms with E-state index in [-0.39, 0.29) is 0 Å². The van der Waals surface area contributed by atoms with E-state index >= 15 is 0 Å². The molecule has 4 atom stereocenters. The predicted molar refractivity (Wildman–Crippen MR) is 63.9 cm³/mol. The average Bonchev–Trinajstić information content (AvgIpc) is 3.03. The highest BCUT2D eigenvalue weighted by molar-refractivity contribution is 4.96. The topological polar surface area (TPSA) is 12.5 Å². The molecule has 15 heavy (non-hydrogen) atoms. The summed E-state index contributed by atoms with van der Waals surface area (Å²) in [5.74, 6) is 1.86. The fourth-order valence-electron chi connectivity index (χ4n) is 3.37. The standard InChI is InChI=1S/C14H26O/c1-3-5-6-8-11(4-2)12-9-7-10-13-14(12)15-13/h11-14H,3-10H2,1-2H3. The Hall–Kier alpha value is -0.0400. The Morgan fingerprint density at radius 3 is 2.80 bits per heavy atom. The van der Waals surface area contributed by atoms with Crippen molar-refractivity contribution < 1.29 is 4.74 Å². The maximum atomic E-state index is 5.78. The summed E-state index contributed by atoms with van der Waals surface area (Å²) in [7, 11) is 0. The van der Waals surface area contributed by atoms with Crippen LogP contribution in [-0.4, -0.2) is 12.2 Å². The summed E-state index contributed by atoms with van der Waals surface area (Å²) in [5.41, 5.74) is 0. The van der Waals surface area contributed by atoms with Gasteiger partial charge in [-0.1, -0.05) is 52.4 Å². The van der Waals surface area contributed by atoms with E-state index in [0.29, 0.717) is 12.2 Å². The zero-order valence-electron chi connectivity index (χ0n) is 10.4. The molecule has 1 aliphatic heterocycles. The first-order valence-electron chi connectivity index (χ1n) is 7.02. The minimum absolute atomic E-state index is 0.670. The molecule has 1 heteroatoms. The lowest BCUT2D eigenvalue weighted by atomic mass is 9.76. The van der Waals surface area contributed by atoms with Gasteiger partial charge in [0.25, 0.3) is 0 Å². The van der Waals surface area contributed by atoms with E-state index in [1.54, 1.807) is 0 Å². The third-order valence-electron chi connectivity index (χ3n) is 4.38. The quantitative estimate of drug-likeness (QED) is 0.474. The number of unbranched alkanes of at least 4 members (excludes halogenated alkanes) is 2. The molecular weight excluding hydrogens is 184 g/mol. The second-order valence-corrected chi connectivity index (χ2v) is 5.40. The van der Waals surface area contributed by atoms with Crippen LogP contribution in [0.3, 0.4) is 0 Å². The zero-order chi connectivity index (χ0) is 10.7. The van der Waals surface area contributed by atoms with Gasteiger partial charge < -0.3 is 4.74 Å². The maximum absolute atomic E-state index is 5.78. The van der Waals surface area contributed by atoms with Gasteiger partial charge in [-0.3, -0.25) is 0 Å². The van der Waals surface area contributed by atoms with Gasteiger partial charge in [-0.25, -0.2) is 0 Å². The summed E-state index contributed by atoms with van der Waals surface area (Å²) in [6, 6.07) is 0. The summed E-state index contributed by atoms with van der Waals surface area (Å²) < 4.78 is 5.78. The van der Waals surface area contributed by atoms with Crippen LogP contribution in [0.2, 0.25) is 0 Å². The molecule has 0 bridgehead atoms. The maximum Gasteiger partial charge on any atom is 0.0872 e. The van der Waals surface area contributed by atoms with Crippen LogP contribution in [-0.2, 0) is 4.74 Å². The Morgan fingerprint density at radius 1 is 1.20 bits per heavy atom. The predicted octanol–water partition coefficient (Wildman–Crippen LogP) is 4.16. The van der Waals surface area contributed by atoms with Crippen LogP contribution in [0.25, 0.3) is 0 Å². The van der Waals surface area contributed by atoms with E-state index in [2.05, 4.69) is 13.8 Å². The minimum Gasteiger partial charge on any atom is -0.369 e. The first-order valence-corrected chi connectivity index (χ1v) is 7.02. The highest BCUT2D eigenvalue weighted by atomic mass is 16.6. The first-order chi connectivity index (χ1) is 7.36. The summed E-state index contributed by atoms with van der Waals surface area (Å²) >= 11 is 0. The van der Waals surface area contributed by atoms with Crippen LogP contribution in [0.15, 0.2) is 0 Å². The molecule has 2 rings (SSSR count). The third kappa shape index (κ3) is 2.75. The van der Waals surface area contributed by atoms with E-state index in [9.17, 15) is 0 Å². The number of fused-ring (bicyclic) bond motifs is 1. The van der Waals surface area contributed by atoms with E-state index in [0.717, 1.165) is 11.8 Å². The molecule has 1 nitrogen and oxygen atoms in total. The molecule has 0 radical (unpaired) electrons. The van der Waals surface area contributed by atoms with Crippen molar-refractivity contribution in [1.82, 2.24) is 0 Å². The van der Waals surface area contributed by atoms with Gasteiger partial charge in [0, 0.05) is 0 Å². The smallest absolute Gasteiger partial charge is 0.0872 e. The van der Waals surface area contributed by atoms with Gasteiger partial charge in [0.15, 0.2) is 0 Å². The minimum atomic E-state index is 0.670. The molecule has 1 aliphatic carbocycles. The molecular formula is C14H26O. The molecule has 88 valence electrons. The molecule has 2 aliphatic rings. The van der Waals surface area contributed by atoms with Gasteiger partial charge in [-0.15, -0.1) is 0 Å². The van der Waals surface area contributed by atoms with Crippen molar-refractivity contribution in [2.45, 2.75) is 77.4 Å². The number of hydrogen-bond acceptors (Lipinski definition) is 1. The summed E-state index contributed by atoms with van der Waals surface area (Å²) in [6.07, 6.45) is 12.5. The Balaban J connectivity index is 1.77.